The first-order valence-corrected chi connectivity index (χ1v) is 6.35. The molecule has 0 aliphatic carbocycles. The maximum Gasteiger partial charge on any atom is 0.178 e. The minimum Gasteiger partial charge on any atom is -0.497 e. The fourth-order valence-electron chi connectivity index (χ4n) is 1.50. The quantitative estimate of drug-likeness (QED) is 0.786. The minimum atomic E-state index is 0.0511. The molecule has 0 saturated carbocycles. The van der Waals surface area contributed by atoms with Crippen molar-refractivity contribution >= 4 is 28.7 Å². The van der Waals surface area contributed by atoms with Gasteiger partial charge in [0.05, 0.1) is 17.0 Å². The van der Waals surface area contributed by atoms with Gasteiger partial charge in [-0.1, -0.05) is 23.7 Å². The number of thiophene rings is 1. The van der Waals surface area contributed by atoms with E-state index in [9.17, 15) is 4.79 Å². The fraction of sp³-hybridized carbons (Fsp3) is 0.154. The van der Waals surface area contributed by atoms with Gasteiger partial charge in [-0.3, -0.25) is 4.79 Å². The van der Waals surface area contributed by atoms with Crippen LogP contribution in [0.2, 0.25) is 5.02 Å². The molecule has 0 radical (unpaired) electrons. The lowest BCUT2D eigenvalue weighted by Crippen LogP contribution is -2.01. The molecule has 0 atom stereocenters. The number of carbonyl (C=O) groups excluding carboxylic acids is 1. The van der Waals surface area contributed by atoms with Crippen LogP contribution in [0.5, 0.6) is 5.75 Å². The maximum atomic E-state index is 11.9. The first kappa shape index (κ1) is 12.1. The number of halogens is 1. The lowest BCUT2D eigenvalue weighted by molar-refractivity contribution is 0.0997. The van der Waals surface area contributed by atoms with Gasteiger partial charge in [-0.2, -0.15) is 0 Å². The van der Waals surface area contributed by atoms with Crippen LogP contribution in [-0.2, 0) is 6.42 Å². The summed E-state index contributed by atoms with van der Waals surface area (Å²) in [5.74, 6) is 0.838. The standard InChI is InChI=1S/C13H11ClO2S/c1-16-10-4-2-9(3-5-10)8-12(15)13-11(14)6-7-17-13/h2-7H,8H2,1H3. The van der Waals surface area contributed by atoms with Crippen LogP contribution in [-0.4, -0.2) is 12.9 Å². The van der Waals surface area contributed by atoms with E-state index in [4.69, 9.17) is 16.3 Å². The van der Waals surface area contributed by atoms with Gasteiger partial charge >= 0.3 is 0 Å². The molecular weight excluding hydrogens is 256 g/mol. The summed E-state index contributed by atoms with van der Waals surface area (Å²) >= 11 is 7.30. The zero-order valence-electron chi connectivity index (χ0n) is 9.27. The van der Waals surface area contributed by atoms with Gasteiger partial charge in [0, 0.05) is 6.42 Å². The van der Waals surface area contributed by atoms with Gasteiger partial charge in [0.2, 0.25) is 0 Å². The van der Waals surface area contributed by atoms with Crippen LogP contribution in [0.3, 0.4) is 0 Å². The summed E-state index contributed by atoms with van der Waals surface area (Å²) < 4.78 is 5.06. The molecule has 88 valence electrons. The molecule has 0 unspecified atom stereocenters. The van der Waals surface area contributed by atoms with Gasteiger partial charge in [-0.25, -0.2) is 0 Å². The maximum absolute atomic E-state index is 11.9. The highest BCUT2D eigenvalue weighted by atomic mass is 35.5. The number of hydrogen-bond acceptors (Lipinski definition) is 3. The van der Waals surface area contributed by atoms with Crippen molar-refractivity contribution in [1.29, 1.82) is 0 Å². The lowest BCUT2D eigenvalue weighted by Gasteiger charge is -2.02. The topological polar surface area (TPSA) is 26.3 Å². The molecule has 0 amide bonds. The van der Waals surface area contributed by atoms with Gasteiger partial charge < -0.3 is 4.74 Å². The zero-order chi connectivity index (χ0) is 12.3. The van der Waals surface area contributed by atoms with E-state index < -0.39 is 0 Å². The minimum absolute atomic E-state index is 0.0511. The van der Waals surface area contributed by atoms with Crippen molar-refractivity contribution in [2.24, 2.45) is 0 Å². The Hall–Kier alpha value is -1.32. The predicted octanol–water partition coefficient (Wildman–Crippen LogP) is 3.84. The van der Waals surface area contributed by atoms with Crippen molar-refractivity contribution in [3.05, 3.63) is 51.2 Å². The first-order valence-electron chi connectivity index (χ1n) is 5.10. The molecule has 0 aliphatic rings. The van der Waals surface area contributed by atoms with Crippen LogP contribution in [0.1, 0.15) is 15.2 Å². The Labute approximate surface area is 109 Å². The average molecular weight is 267 g/mol. The number of ether oxygens (including phenoxy) is 1. The SMILES string of the molecule is COc1ccc(CC(=O)c2sccc2Cl)cc1. The van der Waals surface area contributed by atoms with Crippen LogP contribution in [0.4, 0.5) is 0 Å². The van der Waals surface area contributed by atoms with Crippen LogP contribution in [0.15, 0.2) is 35.7 Å². The summed E-state index contributed by atoms with van der Waals surface area (Å²) in [7, 11) is 1.62. The van der Waals surface area contributed by atoms with E-state index >= 15 is 0 Å². The molecule has 2 nitrogen and oxygen atoms in total. The highest BCUT2D eigenvalue weighted by Gasteiger charge is 2.12. The summed E-state index contributed by atoms with van der Waals surface area (Å²) in [6, 6.07) is 9.21. The molecule has 0 saturated heterocycles. The van der Waals surface area contributed by atoms with E-state index in [1.807, 2.05) is 29.6 Å². The van der Waals surface area contributed by atoms with E-state index in [1.165, 1.54) is 11.3 Å². The van der Waals surface area contributed by atoms with Crippen LogP contribution in [0.25, 0.3) is 0 Å². The Morgan fingerprint density at radius 3 is 2.53 bits per heavy atom. The molecule has 1 heterocycles. The lowest BCUT2D eigenvalue weighted by atomic mass is 10.1. The highest BCUT2D eigenvalue weighted by Crippen LogP contribution is 2.24. The second-order valence-electron chi connectivity index (χ2n) is 3.55. The molecule has 1 aromatic carbocycles. The molecule has 2 rings (SSSR count). The number of hydrogen-bond donors (Lipinski definition) is 0. The first-order chi connectivity index (χ1) is 8.20. The molecule has 0 spiro atoms. The van der Waals surface area contributed by atoms with Gasteiger partial charge in [0.15, 0.2) is 5.78 Å². The predicted molar refractivity (Wildman–Crippen MR) is 70.4 cm³/mol. The van der Waals surface area contributed by atoms with E-state index in [1.54, 1.807) is 13.2 Å². The molecule has 1 aromatic heterocycles. The summed E-state index contributed by atoms with van der Waals surface area (Å²) in [4.78, 5) is 12.6. The van der Waals surface area contributed by atoms with Crippen LogP contribution >= 0.6 is 22.9 Å². The molecular formula is C13H11ClO2S. The summed E-state index contributed by atoms with van der Waals surface area (Å²) in [6.07, 6.45) is 0.365. The summed E-state index contributed by atoms with van der Waals surface area (Å²) in [5.41, 5.74) is 0.959. The van der Waals surface area contributed by atoms with Gasteiger partial charge in [0.1, 0.15) is 5.75 Å². The average Bonchev–Trinajstić information content (AvgIpc) is 2.76. The Morgan fingerprint density at radius 2 is 2.00 bits per heavy atom. The smallest absolute Gasteiger partial charge is 0.178 e. The van der Waals surface area contributed by atoms with Crippen molar-refractivity contribution in [2.45, 2.75) is 6.42 Å². The number of methoxy groups -OCH3 is 1. The van der Waals surface area contributed by atoms with Crippen molar-refractivity contribution in [1.82, 2.24) is 0 Å². The van der Waals surface area contributed by atoms with Crippen molar-refractivity contribution in [3.8, 4) is 5.75 Å². The highest BCUT2D eigenvalue weighted by molar-refractivity contribution is 7.12. The summed E-state index contributed by atoms with van der Waals surface area (Å²) in [5, 5.41) is 2.36. The fourth-order valence-corrected chi connectivity index (χ4v) is 2.60. The molecule has 0 N–H and O–H groups in total. The molecule has 17 heavy (non-hydrogen) atoms. The van der Waals surface area contributed by atoms with E-state index in [-0.39, 0.29) is 5.78 Å². The Bertz CT molecular complexity index is 516. The van der Waals surface area contributed by atoms with Crippen molar-refractivity contribution in [2.75, 3.05) is 7.11 Å². The van der Waals surface area contributed by atoms with Gasteiger partial charge in [-0.05, 0) is 29.1 Å². The molecule has 0 fully saturated rings. The number of carbonyl (C=O) groups is 1. The number of rotatable bonds is 4. The third kappa shape index (κ3) is 2.87. The van der Waals surface area contributed by atoms with Gasteiger partial charge in [-0.15, -0.1) is 11.3 Å². The monoisotopic (exact) mass is 266 g/mol. The number of benzene rings is 1. The molecule has 0 aliphatic heterocycles. The molecule has 4 heteroatoms. The second-order valence-corrected chi connectivity index (χ2v) is 4.87. The number of Topliss-reactive ketones (excluding diaryl/α,β-unsaturated/α-hetero) is 1. The largest absolute Gasteiger partial charge is 0.497 e. The number of ketones is 1. The Balaban J connectivity index is 2.10. The Morgan fingerprint density at radius 1 is 1.29 bits per heavy atom. The van der Waals surface area contributed by atoms with Crippen molar-refractivity contribution in [3.63, 3.8) is 0 Å². The van der Waals surface area contributed by atoms with Crippen molar-refractivity contribution < 1.29 is 9.53 Å². The van der Waals surface area contributed by atoms with Crippen LogP contribution in [0, 0.1) is 0 Å². The zero-order valence-corrected chi connectivity index (χ0v) is 10.8. The third-order valence-corrected chi connectivity index (χ3v) is 3.78. The van der Waals surface area contributed by atoms with E-state index in [0.717, 1.165) is 11.3 Å². The van der Waals surface area contributed by atoms with E-state index in [2.05, 4.69) is 0 Å². The third-order valence-electron chi connectivity index (χ3n) is 2.39. The molecule has 2 aromatic rings. The van der Waals surface area contributed by atoms with Crippen LogP contribution < -0.4 is 4.74 Å². The normalized spacial score (nSPS) is 10.2. The summed E-state index contributed by atoms with van der Waals surface area (Å²) in [6.45, 7) is 0. The molecule has 0 bridgehead atoms. The van der Waals surface area contributed by atoms with Gasteiger partial charge in [0.25, 0.3) is 0 Å². The van der Waals surface area contributed by atoms with E-state index in [0.29, 0.717) is 16.3 Å². The Kier molecular flexibility index (Phi) is 3.82. The second kappa shape index (κ2) is 5.34.